The van der Waals surface area contributed by atoms with Gasteiger partial charge in [-0.05, 0) is 42.0 Å². The summed E-state index contributed by atoms with van der Waals surface area (Å²) in [6.07, 6.45) is 5.19. The van der Waals surface area contributed by atoms with Crippen LogP contribution in [0.2, 0.25) is 5.02 Å². The SMILES string of the molecule is CNc1cncc(-c2ccc3ncnc(Nc4cccc(Cl)c4)c3c2)c1. The van der Waals surface area contributed by atoms with Crippen LogP contribution in [0, 0.1) is 0 Å². The third kappa shape index (κ3) is 3.30. The lowest BCUT2D eigenvalue weighted by atomic mass is 10.0. The summed E-state index contributed by atoms with van der Waals surface area (Å²) in [5.41, 5.74) is 4.78. The van der Waals surface area contributed by atoms with E-state index in [0.29, 0.717) is 5.02 Å². The molecule has 2 heterocycles. The quantitative estimate of drug-likeness (QED) is 0.527. The Labute approximate surface area is 156 Å². The second-order valence-corrected chi connectivity index (χ2v) is 6.24. The van der Waals surface area contributed by atoms with Crippen molar-refractivity contribution in [1.29, 1.82) is 0 Å². The van der Waals surface area contributed by atoms with Gasteiger partial charge < -0.3 is 10.6 Å². The predicted molar refractivity (Wildman–Crippen MR) is 107 cm³/mol. The Morgan fingerprint density at radius 2 is 1.81 bits per heavy atom. The van der Waals surface area contributed by atoms with E-state index in [0.717, 1.165) is 39.2 Å². The van der Waals surface area contributed by atoms with Gasteiger partial charge in [-0.2, -0.15) is 0 Å². The minimum Gasteiger partial charge on any atom is -0.387 e. The van der Waals surface area contributed by atoms with E-state index in [1.807, 2.05) is 49.6 Å². The van der Waals surface area contributed by atoms with Crippen molar-refractivity contribution in [3.05, 3.63) is 72.3 Å². The van der Waals surface area contributed by atoms with Crippen LogP contribution < -0.4 is 10.6 Å². The molecule has 0 atom stereocenters. The van der Waals surface area contributed by atoms with E-state index in [1.165, 1.54) is 0 Å². The molecule has 0 unspecified atom stereocenters. The van der Waals surface area contributed by atoms with Crippen LogP contribution in [-0.2, 0) is 0 Å². The summed E-state index contributed by atoms with van der Waals surface area (Å²) in [4.78, 5) is 13.1. The molecule has 2 N–H and O–H groups in total. The molecule has 4 rings (SSSR count). The molecule has 0 fully saturated rings. The lowest BCUT2D eigenvalue weighted by Gasteiger charge is -2.10. The largest absolute Gasteiger partial charge is 0.387 e. The first kappa shape index (κ1) is 16.3. The Hall–Kier alpha value is -3.18. The zero-order valence-corrected chi connectivity index (χ0v) is 14.8. The van der Waals surface area contributed by atoms with Gasteiger partial charge in [-0.15, -0.1) is 0 Å². The highest BCUT2D eigenvalue weighted by Gasteiger charge is 2.08. The number of nitrogens with one attached hydrogen (secondary N) is 2. The second-order valence-electron chi connectivity index (χ2n) is 5.80. The van der Waals surface area contributed by atoms with Crippen LogP contribution in [0.15, 0.2) is 67.3 Å². The van der Waals surface area contributed by atoms with Crippen molar-refractivity contribution in [3.63, 3.8) is 0 Å². The van der Waals surface area contributed by atoms with Gasteiger partial charge in [0.05, 0.1) is 11.2 Å². The van der Waals surface area contributed by atoms with Crippen molar-refractivity contribution in [2.45, 2.75) is 0 Å². The number of fused-ring (bicyclic) bond motifs is 1. The Balaban J connectivity index is 1.79. The Morgan fingerprint density at radius 1 is 0.885 bits per heavy atom. The first-order valence-corrected chi connectivity index (χ1v) is 8.51. The average Bonchev–Trinajstić information content (AvgIpc) is 2.68. The second kappa shape index (κ2) is 6.98. The number of anilines is 3. The number of pyridine rings is 1. The number of rotatable bonds is 4. The maximum atomic E-state index is 6.08. The third-order valence-corrected chi connectivity index (χ3v) is 4.32. The molecule has 0 aliphatic heterocycles. The highest BCUT2D eigenvalue weighted by atomic mass is 35.5. The minimum atomic E-state index is 0.670. The summed E-state index contributed by atoms with van der Waals surface area (Å²) in [6, 6.07) is 15.7. The van der Waals surface area contributed by atoms with Gasteiger partial charge in [-0.3, -0.25) is 4.98 Å². The Kier molecular flexibility index (Phi) is 4.37. The van der Waals surface area contributed by atoms with Crippen LogP contribution in [-0.4, -0.2) is 22.0 Å². The van der Waals surface area contributed by atoms with E-state index < -0.39 is 0 Å². The molecule has 0 amide bonds. The van der Waals surface area contributed by atoms with Gasteiger partial charge in [0.15, 0.2) is 0 Å². The maximum absolute atomic E-state index is 6.08. The number of hydrogen-bond acceptors (Lipinski definition) is 5. The Bertz CT molecular complexity index is 1080. The molecule has 26 heavy (non-hydrogen) atoms. The van der Waals surface area contributed by atoms with E-state index in [1.54, 1.807) is 12.5 Å². The van der Waals surface area contributed by atoms with Crippen molar-refractivity contribution in [3.8, 4) is 11.1 Å². The summed E-state index contributed by atoms with van der Waals surface area (Å²) >= 11 is 6.08. The zero-order valence-electron chi connectivity index (χ0n) is 14.1. The Morgan fingerprint density at radius 3 is 2.65 bits per heavy atom. The molecule has 0 saturated carbocycles. The van der Waals surface area contributed by atoms with Crippen molar-refractivity contribution in [2.24, 2.45) is 0 Å². The fourth-order valence-electron chi connectivity index (χ4n) is 2.77. The van der Waals surface area contributed by atoms with Gasteiger partial charge in [0.1, 0.15) is 12.1 Å². The minimum absolute atomic E-state index is 0.670. The van der Waals surface area contributed by atoms with Crippen molar-refractivity contribution < 1.29 is 0 Å². The predicted octanol–water partition coefficient (Wildman–Crippen LogP) is 5.13. The van der Waals surface area contributed by atoms with Gasteiger partial charge >= 0.3 is 0 Å². The number of hydrogen-bond donors (Lipinski definition) is 2. The van der Waals surface area contributed by atoms with Crippen LogP contribution in [0.25, 0.3) is 22.0 Å². The van der Waals surface area contributed by atoms with Crippen LogP contribution in [0.5, 0.6) is 0 Å². The third-order valence-electron chi connectivity index (χ3n) is 4.08. The van der Waals surface area contributed by atoms with Gasteiger partial charge in [-0.25, -0.2) is 9.97 Å². The van der Waals surface area contributed by atoms with E-state index >= 15 is 0 Å². The van der Waals surface area contributed by atoms with E-state index in [-0.39, 0.29) is 0 Å². The van der Waals surface area contributed by atoms with Gasteiger partial charge in [-0.1, -0.05) is 23.7 Å². The molecule has 6 heteroatoms. The fourth-order valence-corrected chi connectivity index (χ4v) is 2.96. The van der Waals surface area contributed by atoms with Crippen LogP contribution in [0.3, 0.4) is 0 Å². The average molecular weight is 362 g/mol. The molecule has 0 spiro atoms. The van der Waals surface area contributed by atoms with Crippen LogP contribution in [0.4, 0.5) is 17.2 Å². The molecule has 2 aromatic heterocycles. The summed E-state index contributed by atoms with van der Waals surface area (Å²) in [5, 5.41) is 8.04. The zero-order chi connectivity index (χ0) is 17.9. The first-order valence-electron chi connectivity index (χ1n) is 8.13. The highest BCUT2D eigenvalue weighted by Crippen LogP contribution is 2.29. The van der Waals surface area contributed by atoms with Crippen LogP contribution >= 0.6 is 11.6 Å². The van der Waals surface area contributed by atoms with Crippen LogP contribution in [0.1, 0.15) is 0 Å². The summed E-state index contributed by atoms with van der Waals surface area (Å²) < 4.78 is 0. The molecule has 128 valence electrons. The summed E-state index contributed by atoms with van der Waals surface area (Å²) in [6.45, 7) is 0. The number of aromatic nitrogens is 3. The number of benzene rings is 2. The number of nitrogens with zero attached hydrogens (tertiary/aromatic N) is 3. The monoisotopic (exact) mass is 361 g/mol. The number of halogens is 1. The molecule has 0 bridgehead atoms. The lowest BCUT2D eigenvalue weighted by molar-refractivity contribution is 1.22. The van der Waals surface area contributed by atoms with E-state index in [4.69, 9.17) is 11.6 Å². The normalized spacial score (nSPS) is 10.7. The maximum Gasteiger partial charge on any atom is 0.141 e. The van der Waals surface area contributed by atoms with E-state index in [2.05, 4.69) is 37.7 Å². The molecule has 5 nitrogen and oxygen atoms in total. The molecule has 0 saturated heterocycles. The van der Waals surface area contributed by atoms with Crippen molar-refractivity contribution >= 4 is 39.7 Å². The standard InChI is InChI=1S/C20H16ClN5/c1-22-17-7-14(10-23-11-17)13-5-6-19-18(8-13)20(25-12-24-19)26-16-4-2-3-15(21)9-16/h2-12,22H,1H3,(H,24,25,26). The fraction of sp³-hybridized carbons (Fsp3) is 0.0500. The summed E-state index contributed by atoms with van der Waals surface area (Å²) in [7, 11) is 1.88. The molecule has 0 aliphatic rings. The van der Waals surface area contributed by atoms with Gasteiger partial charge in [0.25, 0.3) is 0 Å². The van der Waals surface area contributed by atoms with E-state index in [9.17, 15) is 0 Å². The molecule has 2 aromatic carbocycles. The highest BCUT2D eigenvalue weighted by molar-refractivity contribution is 6.30. The smallest absolute Gasteiger partial charge is 0.141 e. The topological polar surface area (TPSA) is 62.7 Å². The lowest BCUT2D eigenvalue weighted by Crippen LogP contribution is -1.96. The van der Waals surface area contributed by atoms with Gasteiger partial charge in [0, 0.05) is 41.1 Å². The molecular weight excluding hydrogens is 346 g/mol. The van der Waals surface area contributed by atoms with Crippen molar-refractivity contribution in [2.75, 3.05) is 17.7 Å². The molecule has 0 radical (unpaired) electrons. The van der Waals surface area contributed by atoms with Crippen molar-refractivity contribution in [1.82, 2.24) is 15.0 Å². The molecular formula is C20H16ClN5. The molecule has 4 aromatic rings. The molecule has 0 aliphatic carbocycles. The first-order chi connectivity index (χ1) is 12.7. The summed E-state index contributed by atoms with van der Waals surface area (Å²) in [5.74, 6) is 0.733. The van der Waals surface area contributed by atoms with Gasteiger partial charge in [0.2, 0.25) is 0 Å².